The molecular formula is C13H10ClN3O3. The molecule has 2 rings (SSSR count). The van der Waals surface area contributed by atoms with E-state index in [0.717, 1.165) is 0 Å². The molecule has 0 fully saturated rings. The second-order valence-corrected chi connectivity index (χ2v) is 4.41. The number of aromatic nitrogens is 2. The van der Waals surface area contributed by atoms with Crippen LogP contribution in [0.25, 0.3) is 0 Å². The van der Waals surface area contributed by atoms with Gasteiger partial charge in [-0.05, 0) is 18.2 Å². The zero-order valence-corrected chi connectivity index (χ0v) is 11.3. The summed E-state index contributed by atoms with van der Waals surface area (Å²) >= 11 is 5.70. The maximum atomic E-state index is 11.7. The minimum atomic E-state index is -0.634. The van der Waals surface area contributed by atoms with Crippen LogP contribution in [0.5, 0.6) is 5.75 Å². The third kappa shape index (κ3) is 2.73. The first kappa shape index (κ1) is 13.9. The van der Waals surface area contributed by atoms with Gasteiger partial charge in [0, 0.05) is 11.8 Å². The Labute approximate surface area is 118 Å². The van der Waals surface area contributed by atoms with Crippen LogP contribution in [0.2, 0.25) is 5.02 Å². The van der Waals surface area contributed by atoms with Gasteiger partial charge in [-0.15, -0.1) is 0 Å². The average molecular weight is 292 g/mol. The van der Waals surface area contributed by atoms with Gasteiger partial charge in [-0.3, -0.25) is 14.3 Å². The van der Waals surface area contributed by atoms with Gasteiger partial charge in [-0.1, -0.05) is 11.6 Å². The van der Waals surface area contributed by atoms with Crippen molar-refractivity contribution in [2.24, 2.45) is 0 Å². The van der Waals surface area contributed by atoms with Crippen molar-refractivity contribution in [2.45, 2.75) is 6.54 Å². The van der Waals surface area contributed by atoms with Crippen molar-refractivity contribution in [1.82, 2.24) is 9.55 Å². The maximum absolute atomic E-state index is 11.7. The first-order valence-corrected chi connectivity index (χ1v) is 5.99. The number of nitriles is 1. The number of H-pyrrole nitrogens is 1. The number of methoxy groups -OCH3 is 1. The predicted molar refractivity (Wildman–Crippen MR) is 73.1 cm³/mol. The van der Waals surface area contributed by atoms with Gasteiger partial charge in [0.05, 0.1) is 25.3 Å². The number of hydrogen-bond acceptors (Lipinski definition) is 4. The minimum absolute atomic E-state index is 0.0833. The van der Waals surface area contributed by atoms with Crippen LogP contribution in [0.15, 0.2) is 34.0 Å². The van der Waals surface area contributed by atoms with Crippen LogP contribution < -0.4 is 16.0 Å². The highest BCUT2D eigenvalue weighted by Crippen LogP contribution is 2.20. The molecular weight excluding hydrogens is 282 g/mol. The first-order valence-electron chi connectivity index (χ1n) is 5.61. The number of ether oxygens (including phenoxy) is 1. The summed E-state index contributed by atoms with van der Waals surface area (Å²) < 4.78 is 6.42. The largest absolute Gasteiger partial charge is 0.496 e. The lowest BCUT2D eigenvalue weighted by Gasteiger charge is -2.10. The Morgan fingerprint density at radius 2 is 2.20 bits per heavy atom. The third-order valence-electron chi connectivity index (χ3n) is 2.72. The third-order valence-corrected chi connectivity index (χ3v) is 2.99. The van der Waals surface area contributed by atoms with E-state index in [-0.39, 0.29) is 11.6 Å². The van der Waals surface area contributed by atoms with Crippen molar-refractivity contribution < 1.29 is 4.74 Å². The molecule has 6 nitrogen and oxygen atoms in total. The van der Waals surface area contributed by atoms with E-state index in [1.54, 1.807) is 18.2 Å². The van der Waals surface area contributed by atoms with Gasteiger partial charge in [-0.2, -0.15) is 5.26 Å². The molecule has 1 aromatic carbocycles. The molecule has 0 saturated heterocycles. The summed E-state index contributed by atoms with van der Waals surface area (Å²) in [7, 11) is 1.49. The fourth-order valence-corrected chi connectivity index (χ4v) is 1.92. The van der Waals surface area contributed by atoms with Crippen molar-refractivity contribution in [2.75, 3.05) is 7.11 Å². The molecule has 0 aliphatic heterocycles. The van der Waals surface area contributed by atoms with E-state index in [1.165, 1.54) is 17.9 Å². The normalized spacial score (nSPS) is 10.1. The highest BCUT2D eigenvalue weighted by Gasteiger charge is 2.08. The standard InChI is InChI=1S/C13H10ClN3O3/c1-20-11-3-2-8(5-15)4-9(11)6-17-7-10(14)12(18)16-13(17)19/h2-4,7H,6H2,1H3,(H,16,18,19). The molecule has 0 bridgehead atoms. The highest BCUT2D eigenvalue weighted by molar-refractivity contribution is 6.30. The summed E-state index contributed by atoms with van der Waals surface area (Å²) in [5.74, 6) is 0.540. The summed E-state index contributed by atoms with van der Waals surface area (Å²) in [5, 5.41) is 8.82. The fraction of sp³-hybridized carbons (Fsp3) is 0.154. The van der Waals surface area contributed by atoms with E-state index in [2.05, 4.69) is 4.98 Å². The molecule has 102 valence electrons. The second-order valence-electron chi connectivity index (χ2n) is 4.00. The minimum Gasteiger partial charge on any atom is -0.496 e. The smallest absolute Gasteiger partial charge is 0.328 e. The molecule has 0 aliphatic carbocycles. The van der Waals surface area contributed by atoms with E-state index in [0.29, 0.717) is 16.9 Å². The summed E-state index contributed by atoms with van der Waals surface area (Å²) in [5.41, 5.74) is -0.129. The molecule has 0 radical (unpaired) electrons. The Morgan fingerprint density at radius 3 is 2.85 bits per heavy atom. The van der Waals surface area contributed by atoms with Gasteiger partial charge in [0.2, 0.25) is 0 Å². The Balaban J connectivity index is 2.49. The molecule has 1 N–H and O–H groups in total. The van der Waals surface area contributed by atoms with Gasteiger partial charge in [-0.25, -0.2) is 4.79 Å². The van der Waals surface area contributed by atoms with Gasteiger partial charge in [0.15, 0.2) is 0 Å². The number of halogens is 1. The monoisotopic (exact) mass is 291 g/mol. The summed E-state index contributed by atoms with van der Waals surface area (Å²) in [4.78, 5) is 25.0. The molecule has 0 saturated carbocycles. The topological polar surface area (TPSA) is 87.9 Å². The van der Waals surface area contributed by atoms with Crippen LogP contribution >= 0.6 is 11.6 Å². The Morgan fingerprint density at radius 1 is 1.45 bits per heavy atom. The van der Waals surface area contributed by atoms with E-state index in [4.69, 9.17) is 21.6 Å². The van der Waals surface area contributed by atoms with Crippen molar-refractivity contribution in [3.05, 3.63) is 61.4 Å². The predicted octanol–water partition coefficient (Wildman–Crippen LogP) is 1.12. The second kappa shape index (κ2) is 5.63. The number of hydrogen-bond donors (Lipinski definition) is 1. The molecule has 7 heteroatoms. The SMILES string of the molecule is COc1ccc(C#N)cc1Cn1cc(Cl)c(=O)[nH]c1=O. The summed E-state index contributed by atoms with van der Waals surface area (Å²) in [6.45, 7) is 0.133. The molecule has 1 aromatic heterocycles. The molecule has 1 heterocycles. The Bertz CT molecular complexity index is 802. The van der Waals surface area contributed by atoms with E-state index < -0.39 is 11.2 Å². The van der Waals surface area contributed by atoms with Gasteiger partial charge in [0.1, 0.15) is 10.8 Å². The van der Waals surface area contributed by atoms with Gasteiger partial charge >= 0.3 is 5.69 Å². The quantitative estimate of drug-likeness (QED) is 0.918. The summed E-state index contributed by atoms with van der Waals surface area (Å²) in [6.07, 6.45) is 1.25. The molecule has 0 amide bonds. The Hall–Kier alpha value is -2.52. The lowest BCUT2D eigenvalue weighted by atomic mass is 10.1. The first-order chi connectivity index (χ1) is 9.55. The maximum Gasteiger partial charge on any atom is 0.328 e. The van der Waals surface area contributed by atoms with Crippen molar-refractivity contribution in [1.29, 1.82) is 5.26 Å². The molecule has 0 spiro atoms. The van der Waals surface area contributed by atoms with Crippen molar-refractivity contribution >= 4 is 11.6 Å². The van der Waals surface area contributed by atoms with Crippen LogP contribution in [0.4, 0.5) is 0 Å². The number of nitrogens with one attached hydrogen (secondary N) is 1. The number of nitrogens with zero attached hydrogens (tertiary/aromatic N) is 2. The van der Waals surface area contributed by atoms with Gasteiger partial charge in [0.25, 0.3) is 5.56 Å². The zero-order valence-electron chi connectivity index (χ0n) is 10.5. The number of rotatable bonds is 3. The van der Waals surface area contributed by atoms with Crippen LogP contribution in [0.3, 0.4) is 0 Å². The molecule has 0 unspecified atom stereocenters. The lowest BCUT2D eigenvalue weighted by Crippen LogP contribution is -2.30. The molecule has 0 aliphatic rings. The number of aromatic amines is 1. The van der Waals surface area contributed by atoms with Crippen LogP contribution in [-0.4, -0.2) is 16.7 Å². The van der Waals surface area contributed by atoms with Crippen molar-refractivity contribution in [3.8, 4) is 11.8 Å². The molecule has 2 aromatic rings. The zero-order chi connectivity index (χ0) is 14.7. The van der Waals surface area contributed by atoms with E-state index >= 15 is 0 Å². The molecule has 20 heavy (non-hydrogen) atoms. The van der Waals surface area contributed by atoms with Gasteiger partial charge < -0.3 is 4.74 Å². The van der Waals surface area contributed by atoms with E-state index in [1.807, 2.05) is 6.07 Å². The van der Waals surface area contributed by atoms with Crippen LogP contribution in [-0.2, 0) is 6.54 Å². The van der Waals surface area contributed by atoms with Crippen LogP contribution in [0, 0.1) is 11.3 Å². The average Bonchev–Trinajstić information content (AvgIpc) is 2.44. The number of benzene rings is 1. The fourth-order valence-electron chi connectivity index (χ4n) is 1.76. The highest BCUT2D eigenvalue weighted by atomic mass is 35.5. The van der Waals surface area contributed by atoms with Crippen LogP contribution in [0.1, 0.15) is 11.1 Å². The van der Waals surface area contributed by atoms with Crippen molar-refractivity contribution in [3.63, 3.8) is 0 Å². The Kier molecular flexibility index (Phi) is 3.91. The lowest BCUT2D eigenvalue weighted by molar-refractivity contribution is 0.408. The summed E-state index contributed by atoms with van der Waals surface area (Å²) in [6, 6.07) is 6.89. The van der Waals surface area contributed by atoms with E-state index in [9.17, 15) is 9.59 Å². The molecule has 0 atom stereocenters.